The number of aliphatic hydroxyl groups excluding tert-OH is 1. The van der Waals surface area contributed by atoms with E-state index in [1.165, 1.54) is 24.0 Å². The summed E-state index contributed by atoms with van der Waals surface area (Å²) in [7, 11) is 1.50. The molecule has 4 N–H and O–H groups in total. The molecule has 1 fully saturated rings. The lowest BCUT2D eigenvalue weighted by Gasteiger charge is -2.18. The number of aliphatic carboxylic acids is 2. The van der Waals surface area contributed by atoms with Crippen molar-refractivity contribution in [3.8, 4) is 39.5 Å². The van der Waals surface area contributed by atoms with Crippen LogP contribution in [0, 0.1) is 24.2 Å². The Hall–Kier alpha value is -5.10. The first-order valence-electron chi connectivity index (χ1n) is 18.0. The smallest absolute Gasteiger partial charge is 0.307 e. The van der Waals surface area contributed by atoms with Crippen molar-refractivity contribution in [2.45, 2.75) is 57.9 Å². The molecule has 5 aromatic rings. The van der Waals surface area contributed by atoms with Gasteiger partial charge in [0.1, 0.15) is 22.2 Å². The second-order valence-corrected chi connectivity index (χ2v) is 15.4. The summed E-state index contributed by atoms with van der Waals surface area (Å²) in [6.07, 6.45) is 0.451. The van der Waals surface area contributed by atoms with Crippen molar-refractivity contribution in [3.63, 3.8) is 0 Å². The predicted octanol–water partition coefficient (Wildman–Crippen LogP) is 6.77. The van der Waals surface area contributed by atoms with Crippen molar-refractivity contribution in [1.29, 1.82) is 5.26 Å². The van der Waals surface area contributed by atoms with Crippen molar-refractivity contribution in [1.82, 2.24) is 20.2 Å². The number of thiazole rings is 1. The number of nitrogens with zero attached hydrogens (tertiary/aromatic N) is 4. The van der Waals surface area contributed by atoms with Crippen LogP contribution in [0.5, 0.6) is 11.8 Å². The zero-order valence-electron chi connectivity index (χ0n) is 30.3. The number of nitrogens with one attached hydrogen (secondary N) is 1. The van der Waals surface area contributed by atoms with Crippen LogP contribution in [0.3, 0.4) is 0 Å². The van der Waals surface area contributed by atoms with Gasteiger partial charge in [0, 0.05) is 37.3 Å². The summed E-state index contributed by atoms with van der Waals surface area (Å²) in [6.45, 7) is 4.21. The molecule has 2 aromatic heterocycles. The highest BCUT2D eigenvalue weighted by Crippen LogP contribution is 2.44. The maximum absolute atomic E-state index is 11.5. The first kappa shape index (κ1) is 38.2. The number of nitriles is 1. The predicted molar refractivity (Wildman–Crippen MR) is 208 cm³/mol. The molecule has 1 aliphatic heterocycles. The highest BCUT2D eigenvalue weighted by atomic mass is 35.5. The van der Waals surface area contributed by atoms with E-state index in [0.29, 0.717) is 48.1 Å². The molecule has 3 heterocycles. The number of carboxylic acid groups (broad SMARTS) is 2. The number of pyridine rings is 1. The Balaban J connectivity index is 1.11. The summed E-state index contributed by atoms with van der Waals surface area (Å²) in [5.74, 6) is -1.65. The maximum atomic E-state index is 11.5. The number of ether oxygens (including phenoxy) is 2. The summed E-state index contributed by atoms with van der Waals surface area (Å²) in [4.78, 5) is 34.0. The molecule has 2 unspecified atom stereocenters. The Kier molecular flexibility index (Phi) is 11.3. The number of hydrogen-bond acceptors (Lipinski definition) is 11. The number of methoxy groups -OCH3 is 1. The molecular weight excluding hydrogens is 742 g/mol. The molecule has 1 aliphatic carbocycles. The summed E-state index contributed by atoms with van der Waals surface area (Å²) < 4.78 is 12.8. The van der Waals surface area contributed by atoms with Crippen molar-refractivity contribution >= 4 is 45.1 Å². The number of aliphatic hydroxyl groups is 1. The van der Waals surface area contributed by atoms with Crippen molar-refractivity contribution in [2.24, 2.45) is 5.92 Å². The van der Waals surface area contributed by atoms with Crippen molar-refractivity contribution in [2.75, 3.05) is 26.7 Å². The third kappa shape index (κ3) is 8.15. The second-order valence-electron chi connectivity index (χ2n) is 14.0. The van der Waals surface area contributed by atoms with Gasteiger partial charge in [-0.3, -0.25) is 14.5 Å². The zero-order valence-corrected chi connectivity index (χ0v) is 31.9. The van der Waals surface area contributed by atoms with Crippen LogP contribution in [0.1, 0.15) is 58.7 Å². The Labute approximate surface area is 326 Å². The van der Waals surface area contributed by atoms with E-state index in [-0.39, 0.29) is 37.4 Å². The Morgan fingerprint density at radius 3 is 2.62 bits per heavy atom. The summed E-state index contributed by atoms with van der Waals surface area (Å²) in [6, 6.07) is 20.4. The number of benzene rings is 3. The Morgan fingerprint density at radius 2 is 1.87 bits per heavy atom. The van der Waals surface area contributed by atoms with Gasteiger partial charge in [0.15, 0.2) is 0 Å². The lowest BCUT2D eigenvalue weighted by molar-refractivity contribution is -0.141. The van der Waals surface area contributed by atoms with E-state index >= 15 is 0 Å². The molecule has 3 atom stereocenters. The number of likely N-dealkylation sites (tertiary alicyclic amines) is 1. The molecule has 55 heavy (non-hydrogen) atoms. The SMILES string of the molecule is COc1nc(O[C@H]2CCc3c(-c4cccc(-c5nc6cc(CN7CCC(C(=O)O)C7)cc(C#N)c6s5)c4C)cccc32)c(Cl)cc1CNCC(O)CC(=O)O. The lowest BCUT2D eigenvalue weighted by atomic mass is 9.91. The molecule has 3 aromatic carbocycles. The van der Waals surface area contributed by atoms with Crippen LogP contribution in [-0.2, 0) is 29.1 Å². The van der Waals surface area contributed by atoms with Gasteiger partial charge in [-0.1, -0.05) is 48.0 Å². The van der Waals surface area contributed by atoms with E-state index in [0.717, 1.165) is 61.4 Å². The lowest BCUT2D eigenvalue weighted by Crippen LogP contribution is -2.28. The third-order valence-electron chi connectivity index (χ3n) is 10.3. The normalized spacial score (nSPS) is 17.2. The summed E-state index contributed by atoms with van der Waals surface area (Å²) in [5, 5.41) is 42.4. The molecule has 0 bridgehead atoms. The minimum absolute atomic E-state index is 0.0799. The minimum atomic E-state index is -1.08. The van der Waals surface area contributed by atoms with Gasteiger partial charge < -0.3 is 30.1 Å². The number of hydrogen-bond donors (Lipinski definition) is 4. The highest BCUT2D eigenvalue weighted by molar-refractivity contribution is 7.22. The first-order valence-corrected chi connectivity index (χ1v) is 19.2. The number of rotatable bonds is 14. The monoisotopic (exact) mass is 781 g/mol. The van der Waals surface area contributed by atoms with E-state index in [1.807, 2.05) is 24.3 Å². The van der Waals surface area contributed by atoms with Gasteiger partial charge in [-0.25, -0.2) is 4.98 Å². The van der Waals surface area contributed by atoms with Crippen molar-refractivity contribution < 1.29 is 34.4 Å². The van der Waals surface area contributed by atoms with Gasteiger partial charge in [0.2, 0.25) is 11.8 Å². The largest absolute Gasteiger partial charge is 0.481 e. The van der Waals surface area contributed by atoms with Crippen LogP contribution in [0.2, 0.25) is 5.02 Å². The average molecular weight is 782 g/mol. The Morgan fingerprint density at radius 1 is 1.09 bits per heavy atom. The van der Waals surface area contributed by atoms with Gasteiger partial charge in [-0.15, -0.1) is 11.3 Å². The molecule has 0 radical (unpaired) electrons. The summed E-state index contributed by atoms with van der Waals surface area (Å²) >= 11 is 8.17. The fraction of sp³-hybridized carbons (Fsp3) is 0.341. The number of carboxylic acids is 2. The molecule has 2 aliphatic rings. The van der Waals surface area contributed by atoms with Crippen LogP contribution >= 0.6 is 22.9 Å². The fourth-order valence-corrected chi connectivity index (χ4v) is 8.94. The van der Waals surface area contributed by atoms with Crippen LogP contribution in [0.15, 0.2) is 54.6 Å². The zero-order chi connectivity index (χ0) is 38.8. The molecule has 0 spiro atoms. The molecule has 284 valence electrons. The van der Waals surface area contributed by atoms with E-state index in [9.17, 15) is 25.1 Å². The molecular formula is C41H40ClN5O7S. The standard InChI is InChI=1S/C41H40ClN5O7S/c1-22-28(5-3-6-29(22)40-45-34-14-23(13-25(17-43)37(34)55-40)20-47-12-11-24(21-47)41(51)52)30-7-4-8-32-31(30)9-10-35(32)54-39-33(42)15-26(38(46-39)53-2)18-44-19-27(48)16-36(49)50/h3-8,13-15,24,27,35,44,48H,9-12,16,18-21H2,1-2H3,(H,49,50)(H,51,52)/t24?,27?,35-/m0/s1. The van der Waals surface area contributed by atoms with E-state index in [2.05, 4.69) is 52.5 Å². The first-order chi connectivity index (χ1) is 26.5. The Bertz CT molecular complexity index is 2320. The van der Waals surface area contributed by atoms with Gasteiger partial charge in [0.25, 0.3) is 0 Å². The number of carbonyl (C=O) groups is 2. The van der Waals surface area contributed by atoms with Gasteiger partial charge in [-0.05, 0) is 84.3 Å². The number of aromatic nitrogens is 2. The van der Waals surface area contributed by atoms with E-state index in [1.54, 1.807) is 6.07 Å². The molecule has 7 rings (SSSR count). The van der Waals surface area contributed by atoms with Crippen LogP contribution in [-0.4, -0.2) is 75.0 Å². The van der Waals surface area contributed by atoms with E-state index in [4.69, 9.17) is 31.2 Å². The third-order valence-corrected chi connectivity index (χ3v) is 11.7. The molecule has 14 heteroatoms. The number of halogens is 1. The fourth-order valence-electron chi connectivity index (χ4n) is 7.63. The number of fused-ring (bicyclic) bond motifs is 2. The molecule has 12 nitrogen and oxygen atoms in total. The van der Waals surface area contributed by atoms with Crippen LogP contribution in [0.25, 0.3) is 31.9 Å². The van der Waals surface area contributed by atoms with Crippen LogP contribution in [0.4, 0.5) is 0 Å². The quantitative estimate of drug-likeness (QED) is 0.0932. The van der Waals surface area contributed by atoms with E-state index < -0.39 is 18.0 Å². The highest BCUT2D eigenvalue weighted by Gasteiger charge is 2.30. The van der Waals surface area contributed by atoms with Crippen LogP contribution < -0.4 is 14.8 Å². The minimum Gasteiger partial charge on any atom is -0.481 e. The van der Waals surface area contributed by atoms with Gasteiger partial charge in [0.05, 0.1) is 41.3 Å². The second kappa shape index (κ2) is 16.3. The van der Waals surface area contributed by atoms with Crippen molar-refractivity contribution in [3.05, 3.63) is 93.0 Å². The molecule has 0 saturated carbocycles. The maximum Gasteiger partial charge on any atom is 0.307 e. The average Bonchev–Trinajstić information content (AvgIpc) is 3.91. The van der Waals surface area contributed by atoms with Gasteiger partial charge in [-0.2, -0.15) is 10.2 Å². The molecule has 0 amide bonds. The topological polar surface area (TPSA) is 178 Å². The molecule has 1 saturated heterocycles. The summed E-state index contributed by atoms with van der Waals surface area (Å²) in [5.41, 5.74) is 9.41. The van der Waals surface area contributed by atoms with Gasteiger partial charge >= 0.3 is 11.9 Å².